The van der Waals surface area contributed by atoms with Gasteiger partial charge < -0.3 is 20.5 Å². The number of fused-ring (bicyclic) bond motifs is 1. The van der Waals surface area contributed by atoms with Crippen molar-refractivity contribution in [3.05, 3.63) is 58.6 Å². The van der Waals surface area contributed by atoms with Crippen LogP contribution in [-0.4, -0.2) is 12.8 Å². The number of halogens is 1. The minimum Gasteiger partial charge on any atom is -0.454 e. The molecule has 0 saturated carbocycles. The van der Waals surface area contributed by atoms with E-state index in [0.717, 1.165) is 29.0 Å². The Bertz CT molecular complexity index is 778. The lowest BCUT2D eigenvalue weighted by atomic mass is 9.93. The van der Waals surface area contributed by atoms with Crippen molar-refractivity contribution in [3.63, 3.8) is 0 Å². The summed E-state index contributed by atoms with van der Waals surface area (Å²) in [6.07, 6.45) is 0.792. The van der Waals surface area contributed by atoms with Crippen LogP contribution >= 0.6 is 11.6 Å². The Labute approximate surface area is 139 Å². The van der Waals surface area contributed by atoms with Crippen molar-refractivity contribution in [1.29, 1.82) is 0 Å². The number of rotatable bonds is 2. The molecule has 5 nitrogen and oxygen atoms in total. The number of nitrogens with zero attached hydrogens (tertiary/aromatic N) is 1. The van der Waals surface area contributed by atoms with Gasteiger partial charge in [0.1, 0.15) is 0 Å². The number of benzene rings is 2. The number of nitrogens with two attached hydrogens (primary N) is 1. The molecule has 23 heavy (non-hydrogen) atoms. The van der Waals surface area contributed by atoms with E-state index < -0.39 is 0 Å². The lowest BCUT2D eigenvalue weighted by Gasteiger charge is -2.29. The first kappa shape index (κ1) is 14.2. The standard InChI is InChI=1S/C17H16ClN3O2/c18-12-3-1-2-10(6-12)13-8-14(21-17(19)20-13)11-4-5-15-16(7-11)23-9-22-15/h1-7,13-14H,8-9H2,(H3,19,20,21). The molecule has 0 aromatic heterocycles. The molecule has 118 valence electrons. The summed E-state index contributed by atoms with van der Waals surface area (Å²) in [5, 5.41) is 3.94. The number of nitrogens with one attached hydrogen (secondary N) is 1. The van der Waals surface area contributed by atoms with E-state index in [1.807, 2.05) is 42.5 Å². The summed E-state index contributed by atoms with van der Waals surface area (Å²) in [7, 11) is 0. The molecule has 0 fully saturated rings. The third-order valence-electron chi connectivity index (χ3n) is 4.11. The molecule has 0 amide bonds. The van der Waals surface area contributed by atoms with Gasteiger partial charge in [-0.3, -0.25) is 0 Å². The van der Waals surface area contributed by atoms with Crippen molar-refractivity contribution in [1.82, 2.24) is 5.32 Å². The van der Waals surface area contributed by atoms with Crippen LogP contribution < -0.4 is 20.5 Å². The van der Waals surface area contributed by atoms with Crippen LogP contribution in [0.1, 0.15) is 29.6 Å². The quantitative estimate of drug-likeness (QED) is 0.888. The van der Waals surface area contributed by atoms with Gasteiger partial charge in [0, 0.05) is 5.02 Å². The molecule has 0 radical (unpaired) electrons. The minimum absolute atomic E-state index is 0.0228. The van der Waals surface area contributed by atoms with E-state index in [4.69, 9.17) is 26.8 Å². The Morgan fingerprint density at radius 3 is 2.83 bits per heavy atom. The first-order valence-electron chi connectivity index (χ1n) is 7.44. The van der Waals surface area contributed by atoms with Crippen LogP contribution in [0.2, 0.25) is 5.02 Å². The number of hydrogen-bond donors (Lipinski definition) is 2. The summed E-state index contributed by atoms with van der Waals surface area (Å²) >= 11 is 6.09. The van der Waals surface area contributed by atoms with Gasteiger partial charge in [0.15, 0.2) is 17.5 Å². The van der Waals surface area contributed by atoms with E-state index in [0.29, 0.717) is 11.0 Å². The highest BCUT2D eigenvalue weighted by atomic mass is 35.5. The molecule has 0 bridgehead atoms. The van der Waals surface area contributed by atoms with Crippen molar-refractivity contribution in [2.45, 2.75) is 18.5 Å². The zero-order chi connectivity index (χ0) is 15.8. The van der Waals surface area contributed by atoms with Gasteiger partial charge in [0.2, 0.25) is 6.79 Å². The largest absolute Gasteiger partial charge is 0.454 e. The molecule has 2 aromatic rings. The van der Waals surface area contributed by atoms with E-state index in [-0.39, 0.29) is 18.9 Å². The molecule has 6 heteroatoms. The molecule has 2 aliphatic heterocycles. The molecular formula is C17H16ClN3O2. The number of ether oxygens (including phenoxy) is 2. The molecule has 2 atom stereocenters. The minimum atomic E-state index is -0.0228. The second kappa shape index (κ2) is 5.66. The number of aliphatic imine (C=N–C) groups is 1. The first-order chi connectivity index (χ1) is 11.2. The normalized spacial score (nSPS) is 22.4. The Balaban J connectivity index is 1.63. The van der Waals surface area contributed by atoms with Gasteiger partial charge in [-0.25, -0.2) is 4.99 Å². The van der Waals surface area contributed by atoms with Gasteiger partial charge in [-0.2, -0.15) is 0 Å². The summed E-state index contributed by atoms with van der Waals surface area (Å²) in [6.45, 7) is 0.269. The SMILES string of the molecule is NC1=NC(c2cccc(Cl)c2)CC(c2ccc3c(c2)OCO3)N1. The van der Waals surface area contributed by atoms with Crippen LogP contribution in [0.5, 0.6) is 11.5 Å². The zero-order valence-electron chi connectivity index (χ0n) is 12.3. The van der Waals surface area contributed by atoms with Crippen LogP contribution in [0.15, 0.2) is 47.5 Å². The maximum atomic E-state index is 6.09. The summed E-state index contributed by atoms with van der Waals surface area (Å²) in [4.78, 5) is 4.51. The van der Waals surface area contributed by atoms with Crippen molar-refractivity contribution in [2.75, 3.05) is 6.79 Å². The molecular weight excluding hydrogens is 314 g/mol. The fourth-order valence-corrected chi connectivity index (χ4v) is 3.19. The van der Waals surface area contributed by atoms with Gasteiger partial charge in [-0.05, 0) is 41.8 Å². The van der Waals surface area contributed by atoms with Crippen LogP contribution in [-0.2, 0) is 0 Å². The van der Waals surface area contributed by atoms with E-state index in [2.05, 4.69) is 10.3 Å². The smallest absolute Gasteiger partial charge is 0.231 e. The van der Waals surface area contributed by atoms with Crippen molar-refractivity contribution in [3.8, 4) is 11.5 Å². The summed E-state index contributed by atoms with van der Waals surface area (Å²) in [5.41, 5.74) is 8.15. The highest BCUT2D eigenvalue weighted by molar-refractivity contribution is 6.30. The third-order valence-corrected chi connectivity index (χ3v) is 4.34. The van der Waals surface area contributed by atoms with E-state index in [1.165, 1.54) is 0 Å². The maximum absolute atomic E-state index is 6.09. The highest BCUT2D eigenvalue weighted by Gasteiger charge is 2.26. The molecule has 2 heterocycles. The van der Waals surface area contributed by atoms with Gasteiger partial charge >= 0.3 is 0 Å². The summed E-state index contributed by atoms with van der Waals surface area (Å²) < 4.78 is 10.8. The molecule has 2 aromatic carbocycles. The lowest BCUT2D eigenvalue weighted by Crippen LogP contribution is -2.39. The van der Waals surface area contributed by atoms with Crippen LogP contribution in [0.25, 0.3) is 0 Å². The van der Waals surface area contributed by atoms with E-state index in [1.54, 1.807) is 0 Å². The Morgan fingerprint density at radius 2 is 1.96 bits per heavy atom. The average molecular weight is 330 g/mol. The summed E-state index contributed by atoms with van der Waals surface area (Å²) in [6, 6.07) is 13.7. The van der Waals surface area contributed by atoms with Gasteiger partial charge in [-0.15, -0.1) is 0 Å². The fraction of sp³-hybridized carbons (Fsp3) is 0.235. The Kier molecular flexibility index (Phi) is 3.50. The highest BCUT2D eigenvalue weighted by Crippen LogP contribution is 2.38. The predicted molar refractivity (Wildman–Crippen MR) is 88.9 cm³/mol. The van der Waals surface area contributed by atoms with E-state index >= 15 is 0 Å². The average Bonchev–Trinajstić information content (AvgIpc) is 3.02. The van der Waals surface area contributed by atoms with Crippen molar-refractivity contribution in [2.24, 2.45) is 10.7 Å². The molecule has 0 saturated heterocycles. The van der Waals surface area contributed by atoms with Crippen molar-refractivity contribution >= 4 is 17.6 Å². The third kappa shape index (κ3) is 2.80. The van der Waals surface area contributed by atoms with Crippen molar-refractivity contribution < 1.29 is 9.47 Å². The number of hydrogen-bond acceptors (Lipinski definition) is 5. The fourth-order valence-electron chi connectivity index (χ4n) is 2.99. The van der Waals surface area contributed by atoms with Crippen LogP contribution in [0, 0.1) is 0 Å². The van der Waals surface area contributed by atoms with Gasteiger partial charge in [0.05, 0.1) is 12.1 Å². The maximum Gasteiger partial charge on any atom is 0.231 e. The second-order valence-corrected chi connectivity index (χ2v) is 6.07. The Morgan fingerprint density at radius 1 is 1.09 bits per heavy atom. The monoisotopic (exact) mass is 329 g/mol. The predicted octanol–water partition coefficient (Wildman–Crippen LogP) is 3.16. The number of guanidine groups is 1. The zero-order valence-corrected chi connectivity index (χ0v) is 13.1. The molecule has 2 aliphatic rings. The summed E-state index contributed by atoms with van der Waals surface area (Å²) in [5.74, 6) is 1.98. The second-order valence-electron chi connectivity index (χ2n) is 5.63. The molecule has 4 rings (SSSR count). The molecule has 0 aliphatic carbocycles. The van der Waals surface area contributed by atoms with E-state index in [9.17, 15) is 0 Å². The van der Waals surface area contributed by atoms with Gasteiger partial charge in [0.25, 0.3) is 0 Å². The van der Waals surface area contributed by atoms with Crippen LogP contribution in [0.4, 0.5) is 0 Å². The topological polar surface area (TPSA) is 68.9 Å². The van der Waals surface area contributed by atoms with Gasteiger partial charge in [-0.1, -0.05) is 29.8 Å². The molecule has 2 unspecified atom stereocenters. The first-order valence-corrected chi connectivity index (χ1v) is 7.81. The Hall–Kier alpha value is -2.40. The lowest BCUT2D eigenvalue weighted by molar-refractivity contribution is 0.174. The molecule has 3 N–H and O–H groups in total. The van der Waals surface area contributed by atoms with Crippen LogP contribution in [0.3, 0.4) is 0 Å². The molecule has 0 spiro atoms.